The highest BCUT2D eigenvalue weighted by atomic mass is 16.3. The minimum atomic E-state index is -1.11. The number of amides is 3. The summed E-state index contributed by atoms with van der Waals surface area (Å²) in [5.74, 6) is 5.78. The zero-order chi connectivity index (χ0) is 23.3. The molecule has 2 saturated heterocycles. The molecule has 4 rings (SSSR count). The van der Waals surface area contributed by atoms with Crippen LogP contribution in [0.15, 0.2) is 54.6 Å². The molecule has 6 heteroatoms. The van der Waals surface area contributed by atoms with Crippen molar-refractivity contribution >= 4 is 17.7 Å². The van der Waals surface area contributed by atoms with Crippen LogP contribution in [0.1, 0.15) is 54.7 Å². The SMILES string of the molecule is O=C1CC(CCO)(CC(=O)N2CCC(c3ccc(C#Cc4ccccc4)cc3)CC2)C(=O)N1. The number of hydrogen-bond acceptors (Lipinski definition) is 4. The first-order valence-electron chi connectivity index (χ1n) is 11.4. The van der Waals surface area contributed by atoms with Crippen LogP contribution < -0.4 is 5.32 Å². The van der Waals surface area contributed by atoms with E-state index in [1.165, 1.54) is 5.56 Å². The van der Waals surface area contributed by atoms with E-state index in [0.717, 1.165) is 24.0 Å². The predicted octanol–water partition coefficient (Wildman–Crippen LogP) is 2.60. The Morgan fingerprint density at radius 3 is 2.21 bits per heavy atom. The maximum Gasteiger partial charge on any atom is 0.233 e. The third kappa shape index (κ3) is 5.32. The molecule has 0 aliphatic carbocycles. The van der Waals surface area contributed by atoms with Crippen molar-refractivity contribution in [3.8, 4) is 11.8 Å². The van der Waals surface area contributed by atoms with Gasteiger partial charge in [0.1, 0.15) is 0 Å². The zero-order valence-corrected chi connectivity index (χ0v) is 18.5. The van der Waals surface area contributed by atoms with Gasteiger partial charge in [-0.2, -0.15) is 0 Å². The van der Waals surface area contributed by atoms with Crippen molar-refractivity contribution < 1.29 is 19.5 Å². The van der Waals surface area contributed by atoms with Crippen LogP contribution in [-0.2, 0) is 14.4 Å². The van der Waals surface area contributed by atoms with Crippen molar-refractivity contribution in [3.63, 3.8) is 0 Å². The Morgan fingerprint density at radius 2 is 1.64 bits per heavy atom. The Labute approximate surface area is 194 Å². The fourth-order valence-corrected chi connectivity index (χ4v) is 4.71. The highest BCUT2D eigenvalue weighted by molar-refractivity contribution is 6.07. The van der Waals surface area contributed by atoms with Gasteiger partial charge in [-0.3, -0.25) is 19.7 Å². The van der Waals surface area contributed by atoms with Crippen LogP contribution in [0.25, 0.3) is 0 Å². The Kier molecular flexibility index (Phi) is 6.90. The number of nitrogens with one attached hydrogen (secondary N) is 1. The molecule has 2 aliphatic heterocycles. The van der Waals surface area contributed by atoms with Crippen molar-refractivity contribution in [2.75, 3.05) is 19.7 Å². The molecule has 0 radical (unpaired) electrons. The van der Waals surface area contributed by atoms with E-state index in [0.29, 0.717) is 19.0 Å². The van der Waals surface area contributed by atoms with Crippen LogP contribution in [0.2, 0.25) is 0 Å². The normalized spacial score (nSPS) is 20.8. The van der Waals surface area contributed by atoms with E-state index in [1.807, 2.05) is 42.5 Å². The van der Waals surface area contributed by atoms with Gasteiger partial charge < -0.3 is 10.0 Å². The van der Waals surface area contributed by atoms with Crippen LogP contribution in [0.5, 0.6) is 0 Å². The average molecular weight is 445 g/mol. The van der Waals surface area contributed by atoms with E-state index < -0.39 is 11.3 Å². The lowest BCUT2D eigenvalue weighted by molar-refractivity contribution is -0.140. The van der Waals surface area contributed by atoms with E-state index in [4.69, 9.17) is 0 Å². The van der Waals surface area contributed by atoms with Crippen LogP contribution in [0.3, 0.4) is 0 Å². The summed E-state index contributed by atoms with van der Waals surface area (Å²) in [6.07, 6.45) is 1.74. The number of imide groups is 1. The Morgan fingerprint density at radius 1 is 1.00 bits per heavy atom. The molecule has 170 valence electrons. The second-order valence-electron chi connectivity index (χ2n) is 8.88. The molecule has 2 heterocycles. The Balaban J connectivity index is 1.33. The Hall–Kier alpha value is -3.43. The molecule has 2 aliphatic rings. The molecule has 0 bridgehead atoms. The number of hydrogen-bond donors (Lipinski definition) is 2. The first-order valence-corrected chi connectivity index (χ1v) is 11.4. The monoisotopic (exact) mass is 444 g/mol. The highest BCUT2D eigenvalue weighted by Gasteiger charge is 2.48. The number of benzene rings is 2. The number of carbonyl (C=O) groups excluding carboxylic acids is 3. The van der Waals surface area contributed by atoms with Gasteiger partial charge in [0.05, 0.1) is 5.41 Å². The molecular weight excluding hydrogens is 416 g/mol. The lowest BCUT2D eigenvalue weighted by Crippen LogP contribution is -2.43. The standard InChI is InChI=1S/C27H28N2O4/c30-17-14-27(18-24(31)28-26(27)33)19-25(32)29-15-12-23(13-16-29)22-10-8-21(9-11-22)7-6-20-4-2-1-3-5-20/h1-5,8-11,23,30H,12-19H2,(H,28,31,33). The van der Waals surface area contributed by atoms with Gasteiger partial charge in [-0.05, 0) is 55.0 Å². The van der Waals surface area contributed by atoms with E-state index >= 15 is 0 Å². The second kappa shape index (κ2) is 10.0. The molecule has 2 N–H and O–H groups in total. The van der Waals surface area contributed by atoms with Gasteiger partial charge in [0.25, 0.3) is 0 Å². The van der Waals surface area contributed by atoms with Crippen molar-refractivity contribution in [3.05, 3.63) is 71.3 Å². The summed E-state index contributed by atoms with van der Waals surface area (Å²) in [5, 5.41) is 11.6. The van der Waals surface area contributed by atoms with Gasteiger partial charge in [-0.1, -0.05) is 42.2 Å². The van der Waals surface area contributed by atoms with E-state index in [1.54, 1.807) is 4.90 Å². The lowest BCUT2D eigenvalue weighted by atomic mass is 9.79. The molecule has 33 heavy (non-hydrogen) atoms. The molecule has 6 nitrogen and oxygen atoms in total. The third-order valence-electron chi connectivity index (χ3n) is 6.67. The largest absolute Gasteiger partial charge is 0.396 e. The average Bonchev–Trinajstić information content (AvgIpc) is 3.11. The quantitative estimate of drug-likeness (QED) is 0.548. The smallest absolute Gasteiger partial charge is 0.233 e. The zero-order valence-electron chi connectivity index (χ0n) is 18.5. The summed E-state index contributed by atoms with van der Waals surface area (Å²) in [5.41, 5.74) is 2.08. The molecule has 0 spiro atoms. The topological polar surface area (TPSA) is 86.7 Å². The minimum Gasteiger partial charge on any atom is -0.396 e. The van der Waals surface area contributed by atoms with Crippen LogP contribution in [0, 0.1) is 17.3 Å². The van der Waals surface area contributed by atoms with Crippen LogP contribution >= 0.6 is 0 Å². The van der Waals surface area contributed by atoms with Gasteiger partial charge in [0.2, 0.25) is 17.7 Å². The maximum atomic E-state index is 12.9. The van der Waals surface area contributed by atoms with Gasteiger partial charge in [0, 0.05) is 43.7 Å². The molecule has 0 aromatic heterocycles. The van der Waals surface area contributed by atoms with Crippen molar-refractivity contribution in [2.24, 2.45) is 5.41 Å². The van der Waals surface area contributed by atoms with Gasteiger partial charge in [-0.15, -0.1) is 0 Å². The van der Waals surface area contributed by atoms with Crippen molar-refractivity contribution in [2.45, 2.75) is 38.0 Å². The summed E-state index contributed by atoms with van der Waals surface area (Å²) < 4.78 is 0. The molecule has 0 saturated carbocycles. The third-order valence-corrected chi connectivity index (χ3v) is 6.67. The molecular formula is C27H28N2O4. The van der Waals surface area contributed by atoms with Crippen molar-refractivity contribution in [1.82, 2.24) is 10.2 Å². The van der Waals surface area contributed by atoms with E-state index in [2.05, 4.69) is 29.3 Å². The molecule has 3 amide bonds. The fraction of sp³-hybridized carbons (Fsp3) is 0.370. The van der Waals surface area contributed by atoms with E-state index in [-0.39, 0.29) is 37.7 Å². The fourth-order valence-electron chi connectivity index (χ4n) is 4.71. The van der Waals surface area contributed by atoms with E-state index in [9.17, 15) is 19.5 Å². The Bertz CT molecular complexity index is 1080. The van der Waals surface area contributed by atoms with Gasteiger partial charge in [0.15, 0.2) is 0 Å². The highest BCUT2D eigenvalue weighted by Crippen LogP contribution is 2.37. The number of piperidine rings is 1. The lowest BCUT2D eigenvalue weighted by Gasteiger charge is -2.34. The summed E-state index contributed by atoms with van der Waals surface area (Å²) >= 11 is 0. The molecule has 2 fully saturated rings. The molecule has 1 atom stereocenters. The number of nitrogens with zero attached hydrogens (tertiary/aromatic N) is 1. The predicted molar refractivity (Wildman–Crippen MR) is 124 cm³/mol. The summed E-state index contributed by atoms with van der Waals surface area (Å²) in [6, 6.07) is 18.2. The van der Waals surface area contributed by atoms with Crippen LogP contribution in [-0.4, -0.2) is 47.4 Å². The number of rotatable bonds is 5. The number of aliphatic hydroxyl groups is 1. The second-order valence-corrected chi connectivity index (χ2v) is 8.88. The first-order chi connectivity index (χ1) is 16.0. The summed E-state index contributed by atoms with van der Waals surface area (Å²) in [6.45, 7) is 0.995. The maximum absolute atomic E-state index is 12.9. The molecule has 1 unspecified atom stereocenters. The number of carbonyl (C=O) groups is 3. The summed E-state index contributed by atoms with van der Waals surface area (Å²) in [4.78, 5) is 38.7. The number of likely N-dealkylation sites (tertiary alicyclic amines) is 1. The number of aliphatic hydroxyl groups excluding tert-OH is 1. The van der Waals surface area contributed by atoms with Gasteiger partial charge in [-0.25, -0.2) is 0 Å². The minimum absolute atomic E-state index is 0.0336. The van der Waals surface area contributed by atoms with Crippen LogP contribution in [0.4, 0.5) is 0 Å². The van der Waals surface area contributed by atoms with Gasteiger partial charge >= 0.3 is 0 Å². The molecule has 2 aromatic rings. The molecule has 2 aromatic carbocycles. The van der Waals surface area contributed by atoms with Crippen molar-refractivity contribution in [1.29, 1.82) is 0 Å². The summed E-state index contributed by atoms with van der Waals surface area (Å²) in [7, 11) is 0. The first kappa shape index (κ1) is 22.8.